The van der Waals surface area contributed by atoms with Gasteiger partial charge in [0.25, 0.3) is 0 Å². The van der Waals surface area contributed by atoms with E-state index < -0.39 is 0 Å². The van der Waals surface area contributed by atoms with E-state index >= 15 is 0 Å². The lowest BCUT2D eigenvalue weighted by Gasteiger charge is -2.23. The number of unbranched alkanes of at least 4 members (excludes halogenated alkanes) is 1. The number of rotatable bonds is 8. The average Bonchev–Trinajstić information content (AvgIpc) is 2.08. The van der Waals surface area contributed by atoms with E-state index in [1.807, 2.05) is 0 Å². The predicted octanol–water partition coefficient (Wildman–Crippen LogP) is 3.24. The molecule has 0 aliphatic rings. The zero-order valence-corrected chi connectivity index (χ0v) is 10.9. The highest BCUT2D eigenvalue weighted by atomic mass is 16.5. The van der Waals surface area contributed by atoms with E-state index in [1.165, 1.54) is 6.42 Å². The lowest BCUT2D eigenvalue weighted by molar-refractivity contribution is 0.108. The molecule has 0 aliphatic heterocycles. The predicted molar refractivity (Wildman–Crippen MR) is 65.0 cm³/mol. The lowest BCUT2D eigenvalue weighted by Crippen LogP contribution is -2.13. The summed E-state index contributed by atoms with van der Waals surface area (Å²) in [6.45, 7) is 11.1. The first-order valence-electron chi connectivity index (χ1n) is 6.14. The molecule has 1 unspecified atom stereocenters. The molecule has 0 saturated carbocycles. The van der Waals surface area contributed by atoms with E-state index in [9.17, 15) is 0 Å². The molecular weight excluding hydrogens is 188 g/mol. The monoisotopic (exact) mass is 216 g/mol. The fraction of sp³-hybridized carbons (Fsp3) is 1.00. The van der Waals surface area contributed by atoms with Crippen LogP contribution in [0.3, 0.4) is 0 Å². The van der Waals surface area contributed by atoms with Gasteiger partial charge in [-0.15, -0.1) is 0 Å². The Kier molecular flexibility index (Phi) is 8.07. The van der Waals surface area contributed by atoms with Crippen molar-refractivity contribution in [3.8, 4) is 0 Å². The molecule has 0 fully saturated rings. The van der Waals surface area contributed by atoms with Gasteiger partial charge in [-0.3, -0.25) is 0 Å². The Hall–Kier alpha value is -0.0800. The van der Waals surface area contributed by atoms with Crippen molar-refractivity contribution in [3.05, 3.63) is 0 Å². The first-order chi connectivity index (χ1) is 6.95. The van der Waals surface area contributed by atoms with Crippen molar-refractivity contribution in [1.82, 2.24) is 0 Å². The van der Waals surface area contributed by atoms with Crippen molar-refractivity contribution >= 4 is 0 Å². The smallest absolute Gasteiger partial charge is 0.0468 e. The first kappa shape index (κ1) is 14.9. The summed E-state index contributed by atoms with van der Waals surface area (Å²) in [6, 6.07) is 0. The van der Waals surface area contributed by atoms with Gasteiger partial charge in [-0.05, 0) is 37.0 Å². The van der Waals surface area contributed by atoms with Gasteiger partial charge in [-0.25, -0.2) is 0 Å². The van der Waals surface area contributed by atoms with E-state index in [0.717, 1.165) is 38.4 Å². The molecule has 15 heavy (non-hydrogen) atoms. The molecule has 1 N–H and O–H groups in total. The van der Waals surface area contributed by atoms with E-state index in [2.05, 4.69) is 27.7 Å². The molecule has 2 nitrogen and oxygen atoms in total. The SMILES string of the molecule is CC(CCOCCCCO)CC(C)(C)C. The summed E-state index contributed by atoms with van der Waals surface area (Å²) >= 11 is 0. The number of aliphatic hydroxyl groups excluding tert-OH is 1. The van der Waals surface area contributed by atoms with Crippen LogP contribution in [0, 0.1) is 11.3 Å². The summed E-state index contributed by atoms with van der Waals surface area (Å²) in [5.41, 5.74) is 0.427. The van der Waals surface area contributed by atoms with Gasteiger partial charge in [0.15, 0.2) is 0 Å². The summed E-state index contributed by atoms with van der Waals surface area (Å²) in [4.78, 5) is 0. The number of hydrogen-bond acceptors (Lipinski definition) is 2. The van der Waals surface area contributed by atoms with Crippen LogP contribution >= 0.6 is 0 Å². The molecule has 0 rings (SSSR count). The Morgan fingerprint density at radius 3 is 2.33 bits per heavy atom. The molecule has 0 aromatic rings. The van der Waals surface area contributed by atoms with Gasteiger partial charge in [0.1, 0.15) is 0 Å². The molecule has 0 spiro atoms. The Morgan fingerprint density at radius 1 is 1.13 bits per heavy atom. The van der Waals surface area contributed by atoms with Crippen LogP contribution in [0.5, 0.6) is 0 Å². The Balaban J connectivity index is 3.28. The molecular formula is C13H28O2. The van der Waals surface area contributed by atoms with Crippen LogP contribution in [-0.4, -0.2) is 24.9 Å². The van der Waals surface area contributed by atoms with Crippen molar-refractivity contribution in [3.63, 3.8) is 0 Å². The molecule has 0 heterocycles. The molecule has 1 atom stereocenters. The molecule has 0 aromatic heterocycles. The quantitative estimate of drug-likeness (QED) is 0.631. The zero-order chi connectivity index (χ0) is 11.7. The second-order valence-electron chi connectivity index (χ2n) is 5.70. The third kappa shape index (κ3) is 11.8. The molecule has 0 radical (unpaired) electrons. The average molecular weight is 216 g/mol. The summed E-state index contributed by atoms with van der Waals surface area (Å²) in [5, 5.41) is 8.58. The van der Waals surface area contributed by atoms with Crippen molar-refractivity contribution in [2.24, 2.45) is 11.3 Å². The fourth-order valence-electron chi connectivity index (χ4n) is 1.85. The van der Waals surface area contributed by atoms with Crippen LogP contribution in [-0.2, 0) is 4.74 Å². The van der Waals surface area contributed by atoms with Crippen LogP contribution in [0.1, 0.15) is 53.4 Å². The summed E-state index contributed by atoms with van der Waals surface area (Å²) in [6.07, 6.45) is 4.24. The van der Waals surface area contributed by atoms with Crippen molar-refractivity contribution in [2.45, 2.75) is 53.4 Å². The molecule has 0 amide bonds. The van der Waals surface area contributed by atoms with Gasteiger partial charge < -0.3 is 9.84 Å². The molecule has 0 aliphatic carbocycles. The van der Waals surface area contributed by atoms with Gasteiger partial charge in [-0.1, -0.05) is 27.7 Å². The number of aliphatic hydroxyl groups is 1. The maximum Gasteiger partial charge on any atom is 0.0468 e. The second kappa shape index (κ2) is 8.12. The van der Waals surface area contributed by atoms with Gasteiger partial charge in [0, 0.05) is 19.8 Å². The Morgan fingerprint density at radius 2 is 1.80 bits per heavy atom. The minimum Gasteiger partial charge on any atom is -0.396 e. The van der Waals surface area contributed by atoms with Gasteiger partial charge in [0.05, 0.1) is 0 Å². The third-order valence-corrected chi connectivity index (χ3v) is 2.41. The van der Waals surface area contributed by atoms with Crippen molar-refractivity contribution in [2.75, 3.05) is 19.8 Å². The Labute approximate surface area is 95.0 Å². The maximum atomic E-state index is 8.58. The molecule has 2 heteroatoms. The normalized spacial score (nSPS) is 14.2. The minimum absolute atomic E-state index is 0.282. The van der Waals surface area contributed by atoms with E-state index in [0.29, 0.717) is 5.41 Å². The number of ether oxygens (including phenoxy) is 1. The maximum absolute atomic E-state index is 8.58. The summed E-state index contributed by atoms with van der Waals surface area (Å²) in [7, 11) is 0. The molecule has 0 saturated heterocycles. The highest BCUT2D eigenvalue weighted by Gasteiger charge is 2.14. The van der Waals surface area contributed by atoms with Gasteiger partial charge in [0.2, 0.25) is 0 Å². The van der Waals surface area contributed by atoms with Crippen molar-refractivity contribution < 1.29 is 9.84 Å². The van der Waals surface area contributed by atoms with Crippen molar-refractivity contribution in [1.29, 1.82) is 0 Å². The van der Waals surface area contributed by atoms with Crippen LogP contribution in [0.2, 0.25) is 0 Å². The summed E-state index contributed by atoms with van der Waals surface area (Å²) in [5.74, 6) is 0.739. The Bertz CT molecular complexity index is 138. The molecule has 92 valence electrons. The lowest BCUT2D eigenvalue weighted by atomic mass is 9.84. The molecule has 0 aromatic carbocycles. The zero-order valence-electron chi connectivity index (χ0n) is 10.9. The number of hydrogen-bond donors (Lipinski definition) is 1. The fourth-order valence-corrected chi connectivity index (χ4v) is 1.85. The van der Waals surface area contributed by atoms with E-state index in [-0.39, 0.29) is 6.61 Å². The van der Waals surface area contributed by atoms with E-state index in [1.54, 1.807) is 0 Å². The second-order valence-corrected chi connectivity index (χ2v) is 5.70. The van der Waals surface area contributed by atoms with Gasteiger partial charge >= 0.3 is 0 Å². The molecule has 0 bridgehead atoms. The minimum atomic E-state index is 0.282. The van der Waals surface area contributed by atoms with Crippen LogP contribution in [0.25, 0.3) is 0 Å². The summed E-state index contributed by atoms with van der Waals surface area (Å²) < 4.78 is 5.51. The van der Waals surface area contributed by atoms with Crippen LogP contribution in [0.15, 0.2) is 0 Å². The first-order valence-corrected chi connectivity index (χ1v) is 6.14. The highest BCUT2D eigenvalue weighted by molar-refractivity contribution is 4.66. The van der Waals surface area contributed by atoms with Crippen LogP contribution in [0.4, 0.5) is 0 Å². The standard InChI is InChI=1S/C13H28O2/c1-12(11-13(2,3)4)7-10-15-9-6-5-8-14/h12,14H,5-11H2,1-4H3. The van der Waals surface area contributed by atoms with Gasteiger partial charge in [-0.2, -0.15) is 0 Å². The van der Waals surface area contributed by atoms with Crippen LogP contribution < -0.4 is 0 Å². The topological polar surface area (TPSA) is 29.5 Å². The largest absolute Gasteiger partial charge is 0.396 e. The third-order valence-electron chi connectivity index (χ3n) is 2.41. The van der Waals surface area contributed by atoms with E-state index in [4.69, 9.17) is 9.84 Å². The highest BCUT2D eigenvalue weighted by Crippen LogP contribution is 2.25.